The molecule has 1 heterocycles. The van der Waals surface area contributed by atoms with Gasteiger partial charge in [-0.15, -0.1) is 13.2 Å². The van der Waals surface area contributed by atoms with Crippen molar-refractivity contribution in [3.8, 4) is 0 Å². The molecule has 3 N–H and O–H groups in total. The summed E-state index contributed by atoms with van der Waals surface area (Å²) in [6.07, 6.45) is 0. The smallest absolute Gasteiger partial charge is 0.259 e. The molecule has 6 heteroatoms. The summed E-state index contributed by atoms with van der Waals surface area (Å²) in [5, 5.41) is 0. The first-order chi connectivity index (χ1) is 5.18. The third-order valence-corrected chi connectivity index (χ3v) is 0.681. The molecule has 0 fully saturated rings. The van der Waals surface area contributed by atoms with E-state index < -0.39 is 17.1 Å². The molecule has 0 amide bonds. The molecule has 0 saturated carbocycles. The van der Waals surface area contributed by atoms with E-state index >= 15 is 0 Å². The Kier molecular flexibility index (Phi) is 3.36. The molecule has 1 rings (SSSR count). The fourth-order valence-electron chi connectivity index (χ4n) is 0.403. The number of hydrogen-bond acceptors (Lipinski definition) is 3. The average molecular weight is 157 g/mol. The van der Waals surface area contributed by atoms with Gasteiger partial charge in [-0.25, -0.2) is 14.4 Å². The molecule has 1 aromatic heterocycles. The highest BCUT2D eigenvalue weighted by Gasteiger charge is 1.84. The monoisotopic (exact) mass is 157 g/mol. The van der Waals surface area contributed by atoms with Crippen LogP contribution in [0.5, 0.6) is 0 Å². The van der Waals surface area contributed by atoms with E-state index in [1.165, 1.54) is 0 Å². The minimum absolute atomic E-state index is 0.802. The maximum Gasteiger partial charge on any atom is 0.330 e. The molecule has 0 saturated heterocycles. The fraction of sp³-hybridized carbons (Fsp3) is 0. The van der Waals surface area contributed by atoms with Gasteiger partial charge in [0.25, 0.3) is 0 Å². The van der Waals surface area contributed by atoms with Crippen LogP contribution in [0, 0.1) is 0 Å². The van der Waals surface area contributed by atoms with Crippen LogP contribution in [0.25, 0.3) is 0 Å². The average Bonchev–Trinajstić information content (AvgIpc) is 1.88. The number of hydrogen-bond donors (Lipinski definition) is 3. The van der Waals surface area contributed by atoms with Crippen molar-refractivity contribution in [1.82, 2.24) is 15.0 Å². The number of rotatable bonds is 0. The van der Waals surface area contributed by atoms with Crippen molar-refractivity contribution in [2.45, 2.75) is 0 Å². The first-order valence-corrected chi connectivity index (χ1v) is 2.61. The standard InChI is InChI=1S/C3H3N3O3.C2H4/c7-1-4-2(8)6-3(9)5-1;1-2/h(H3,4,5,6,7,8,9);1-2H2. The Morgan fingerprint density at radius 2 is 0.909 bits per heavy atom. The van der Waals surface area contributed by atoms with Gasteiger partial charge in [0.1, 0.15) is 0 Å². The number of nitrogens with one attached hydrogen (secondary N) is 3. The van der Waals surface area contributed by atoms with Crippen LogP contribution in [0.15, 0.2) is 27.5 Å². The molecule has 0 unspecified atom stereocenters. The third-order valence-electron chi connectivity index (χ3n) is 0.681. The van der Waals surface area contributed by atoms with E-state index in [-0.39, 0.29) is 0 Å². The van der Waals surface area contributed by atoms with E-state index in [1.54, 1.807) is 15.0 Å². The van der Waals surface area contributed by atoms with E-state index in [2.05, 4.69) is 13.2 Å². The van der Waals surface area contributed by atoms with Crippen molar-refractivity contribution in [1.29, 1.82) is 0 Å². The maximum atomic E-state index is 10.2. The van der Waals surface area contributed by atoms with E-state index in [0.717, 1.165) is 0 Å². The zero-order chi connectivity index (χ0) is 8.85. The molecule has 60 valence electrons. The van der Waals surface area contributed by atoms with Crippen molar-refractivity contribution in [3.63, 3.8) is 0 Å². The lowest BCUT2D eigenvalue weighted by molar-refractivity contribution is 0.888. The lowest BCUT2D eigenvalue weighted by atomic mass is 11.0. The number of H-pyrrole nitrogens is 3. The summed E-state index contributed by atoms with van der Waals surface area (Å²) < 4.78 is 0. The summed E-state index contributed by atoms with van der Waals surface area (Å²) >= 11 is 0. The third kappa shape index (κ3) is 2.99. The van der Waals surface area contributed by atoms with Gasteiger partial charge in [0.2, 0.25) is 0 Å². The quantitative estimate of drug-likeness (QED) is 0.402. The van der Waals surface area contributed by atoms with E-state index in [9.17, 15) is 14.4 Å². The Bertz CT molecular complexity index is 293. The Balaban J connectivity index is 0.000000461. The molecule has 0 spiro atoms. The van der Waals surface area contributed by atoms with Crippen LogP contribution in [0.3, 0.4) is 0 Å². The molecule has 6 nitrogen and oxygen atoms in total. The lowest BCUT2D eigenvalue weighted by Crippen LogP contribution is -2.34. The molecule has 0 aliphatic rings. The van der Waals surface area contributed by atoms with Crippen LogP contribution in [0.2, 0.25) is 0 Å². The van der Waals surface area contributed by atoms with Crippen LogP contribution in [-0.2, 0) is 0 Å². The maximum absolute atomic E-state index is 10.2. The van der Waals surface area contributed by atoms with Gasteiger partial charge in [-0.1, -0.05) is 0 Å². The molecule has 11 heavy (non-hydrogen) atoms. The van der Waals surface area contributed by atoms with Gasteiger partial charge in [0.05, 0.1) is 0 Å². The molecule has 0 atom stereocenters. The second-order valence-electron chi connectivity index (χ2n) is 1.36. The minimum Gasteiger partial charge on any atom is -0.259 e. The first kappa shape index (κ1) is 9.15. The normalized spacial score (nSPS) is 8.00. The highest BCUT2D eigenvalue weighted by molar-refractivity contribution is 4.60. The van der Waals surface area contributed by atoms with Crippen molar-refractivity contribution in [3.05, 3.63) is 44.6 Å². The van der Waals surface area contributed by atoms with Gasteiger partial charge in [-0.3, -0.25) is 15.0 Å². The highest BCUT2D eigenvalue weighted by atomic mass is 16.2. The van der Waals surface area contributed by atoms with Gasteiger partial charge in [0, 0.05) is 0 Å². The summed E-state index contributed by atoms with van der Waals surface area (Å²) in [6, 6.07) is 0. The Hall–Kier alpha value is -1.85. The molecule has 0 radical (unpaired) electrons. The molecule has 0 aromatic carbocycles. The lowest BCUT2D eigenvalue weighted by Gasteiger charge is -1.77. The molecular formula is C5H7N3O3. The van der Waals surface area contributed by atoms with Crippen molar-refractivity contribution in [2.75, 3.05) is 0 Å². The first-order valence-electron chi connectivity index (χ1n) is 2.61. The van der Waals surface area contributed by atoms with Crippen LogP contribution < -0.4 is 17.1 Å². The number of aromatic nitrogens is 3. The van der Waals surface area contributed by atoms with Crippen LogP contribution in [-0.4, -0.2) is 15.0 Å². The van der Waals surface area contributed by atoms with Crippen LogP contribution >= 0.6 is 0 Å². The summed E-state index contributed by atoms with van der Waals surface area (Å²) in [5.41, 5.74) is -2.41. The van der Waals surface area contributed by atoms with Gasteiger partial charge in [-0.05, 0) is 0 Å². The number of aromatic amines is 3. The van der Waals surface area contributed by atoms with Gasteiger partial charge in [0.15, 0.2) is 0 Å². The fourth-order valence-corrected chi connectivity index (χ4v) is 0.403. The SMILES string of the molecule is C=C.O=c1[nH]c(=O)[nH]c(=O)[nH]1. The molecule has 0 aliphatic carbocycles. The zero-order valence-corrected chi connectivity index (χ0v) is 5.64. The van der Waals surface area contributed by atoms with Gasteiger partial charge < -0.3 is 0 Å². The minimum atomic E-state index is -0.802. The molecule has 0 aliphatic heterocycles. The van der Waals surface area contributed by atoms with Crippen LogP contribution in [0.1, 0.15) is 0 Å². The summed E-state index contributed by atoms with van der Waals surface area (Å²) in [7, 11) is 0. The molecular weight excluding hydrogens is 150 g/mol. The van der Waals surface area contributed by atoms with Gasteiger partial charge in [-0.2, -0.15) is 0 Å². The molecule has 0 bridgehead atoms. The van der Waals surface area contributed by atoms with E-state index in [1.807, 2.05) is 0 Å². The van der Waals surface area contributed by atoms with Crippen molar-refractivity contribution < 1.29 is 0 Å². The summed E-state index contributed by atoms with van der Waals surface area (Å²) in [6.45, 7) is 6.00. The Morgan fingerprint density at radius 3 is 1.09 bits per heavy atom. The molecule has 1 aromatic rings. The Morgan fingerprint density at radius 1 is 0.727 bits per heavy atom. The largest absolute Gasteiger partial charge is 0.330 e. The highest BCUT2D eigenvalue weighted by Crippen LogP contribution is 1.29. The summed E-state index contributed by atoms with van der Waals surface area (Å²) in [5.74, 6) is 0. The second kappa shape index (κ2) is 4.04. The van der Waals surface area contributed by atoms with E-state index in [0.29, 0.717) is 0 Å². The predicted octanol–water partition coefficient (Wildman–Crippen LogP) is -1.45. The predicted molar refractivity (Wildman–Crippen MR) is 39.6 cm³/mol. The van der Waals surface area contributed by atoms with Crippen molar-refractivity contribution in [2.24, 2.45) is 0 Å². The van der Waals surface area contributed by atoms with E-state index in [4.69, 9.17) is 0 Å². The zero-order valence-electron chi connectivity index (χ0n) is 5.64. The van der Waals surface area contributed by atoms with Gasteiger partial charge >= 0.3 is 17.1 Å². The summed E-state index contributed by atoms with van der Waals surface area (Å²) in [4.78, 5) is 35.9. The topological polar surface area (TPSA) is 98.6 Å². The van der Waals surface area contributed by atoms with Crippen LogP contribution in [0.4, 0.5) is 0 Å². The Labute approximate surface area is 60.6 Å². The second-order valence-corrected chi connectivity index (χ2v) is 1.36. The van der Waals surface area contributed by atoms with Crippen molar-refractivity contribution >= 4 is 0 Å².